The van der Waals surface area contributed by atoms with Gasteiger partial charge >= 0.3 is 0 Å². The second kappa shape index (κ2) is 3.83. The van der Waals surface area contributed by atoms with E-state index < -0.39 is 0 Å². The first-order valence-electron chi connectivity index (χ1n) is 5.23. The standard InChI is InChI=1S/C12H17NO2/c1-15-11-5-3-2-4-10(11)12(8-13)6-9(14)7-12/h2-5,9,14H,6-8,13H2,1H3. The zero-order valence-corrected chi connectivity index (χ0v) is 8.94. The summed E-state index contributed by atoms with van der Waals surface area (Å²) in [6.07, 6.45) is 1.27. The molecule has 0 radical (unpaired) electrons. The van der Waals surface area contributed by atoms with E-state index in [9.17, 15) is 5.11 Å². The summed E-state index contributed by atoms with van der Waals surface area (Å²) in [6.45, 7) is 0.560. The Labute approximate surface area is 89.9 Å². The van der Waals surface area contributed by atoms with E-state index in [1.54, 1.807) is 7.11 Å². The normalized spacial score (nSPS) is 29.7. The van der Waals surface area contributed by atoms with Crippen LogP contribution in [0.15, 0.2) is 24.3 Å². The SMILES string of the molecule is COc1ccccc1C1(CN)CC(O)C1. The Balaban J connectivity index is 2.35. The van der Waals surface area contributed by atoms with Crippen molar-refractivity contribution in [3.8, 4) is 5.75 Å². The lowest BCUT2D eigenvalue weighted by Gasteiger charge is -2.45. The Kier molecular flexibility index (Phi) is 2.67. The van der Waals surface area contributed by atoms with Crippen LogP contribution in [0.1, 0.15) is 18.4 Å². The number of aliphatic hydroxyl groups is 1. The summed E-state index contributed by atoms with van der Waals surface area (Å²) in [7, 11) is 1.66. The van der Waals surface area contributed by atoms with Gasteiger partial charge in [0.25, 0.3) is 0 Å². The minimum atomic E-state index is -0.210. The highest BCUT2D eigenvalue weighted by Crippen LogP contribution is 2.46. The molecule has 0 heterocycles. The maximum absolute atomic E-state index is 9.44. The number of methoxy groups -OCH3 is 1. The Bertz CT molecular complexity index is 345. The molecule has 0 unspecified atom stereocenters. The molecule has 2 rings (SSSR count). The van der Waals surface area contributed by atoms with E-state index in [2.05, 4.69) is 0 Å². The van der Waals surface area contributed by atoms with E-state index in [0.717, 1.165) is 24.2 Å². The number of rotatable bonds is 3. The predicted molar refractivity (Wildman–Crippen MR) is 59.0 cm³/mol. The van der Waals surface area contributed by atoms with Gasteiger partial charge in [-0.3, -0.25) is 0 Å². The summed E-state index contributed by atoms with van der Waals surface area (Å²) in [5, 5.41) is 9.44. The van der Waals surface area contributed by atoms with E-state index in [-0.39, 0.29) is 11.5 Å². The molecule has 0 aromatic heterocycles. The Morgan fingerprint density at radius 1 is 1.47 bits per heavy atom. The van der Waals surface area contributed by atoms with Crippen molar-refractivity contribution in [3.05, 3.63) is 29.8 Å². The van der Waals surface area contributed by atoms with Gasteiger partial charge in [-0.15, -0.1) is 0 Å². The van der Waals surface area contributed by atoms with Crippen molar-refractivity contribution in [2.45, 2.75) is 24.4 Å². The second-order valence-corrected chi connectivity index (χ2v) is 4.25. The van der Waals surface area contributed by atoms with Crippen molar-refractivity contribution in [1.82, 2.24) is 0 Å². The zero-order chi connectivity index (χ0) is 10.9. The molecule has 0 aliphatic heterocycles. The lowest BCUT2D eigenvalue weighted by molar-refractivity contribution is 0.0211. The van der Waals surface area contributed by atoms with Crippen LogP contribution in [-0.4, -0.2) is 24.9 Å². The second-order valence-electron chi connectivity index (χ2n) is 4.25. The van der Waals surface area contributed by atoms with Crippen molar-refractivity contribution in [3.63, 3.8) is 0 Å². The smallest absolute Gasteiger partial charge is 0.122 e. The first-order valence-corrected chi connectivity index (χ1v) is 5.23. The number of para-hydroxylation sites is 1. The predicted octanol–water partition coefficient (Wildman–Crippen LogP) is 1.05. The van der Waals surface area contributed by atoms with Crippen LogP contribution in [0.2, 0.25) is 0 Å². The molecule has 1 aromatic rings. The highest BCUT2D eigenvalue weighted by atomic mass is 16.5. The van der Waals surface area contributed by atoms with Crippen LogP contribution in [0.3, 0.4) is 0 Å². The fraction of sp³-hybridized carbons (Fsp3) is 0.500. The van der Waals surface area contributed by atoms with Crippen LogP contribution >= 0.6 is 0 Å². The maximum Gasteiger partial charge on any atom is 0.122 e. The molecule has 82 valence electrons. The van der Waals surface area contributed by atoms with Crippen LogP contribution in [0.4, 0.5) is 0 Å². The summed E-state index contributed by atoms with van der Waals surface area (Å²) >= 11 is 0. The fourth-order valence-corrected chi connectivity index (χ4v) is 2.42. The largest absolute Gasteiger partial charge is 0.496 e. The van der Waals surface area contributed by atoms with Crippen LogP contribution in [-0.2, 0) is 5.41 Å². The van der Waals surface area contributed by atoms with Crippen molar-refractivity contribution in [2.24, 2.45) is 5.73 Å². The molecule has 0 saturated heterocycles. The first-order chi connectivity index (χ1) is 7.22. The summed E-state index contributed by atoms with van der Waals surface area (Å²) in [4.78, 5) is 0. The topological polar surface area (TPSA) is 55.5 Å². The van der Waals surface area contributed by atoms with Gasteiger partial charge in [0.05, 0.1) is 13.2 Å². The van der Waals surface area contributed by atoms with E-state index in [1.165, 1.54) is 0 Å². The van der Waals surface area contributed by atoms with Crippen molar-refractivity contribution < 1.29 is 9.84 Å². The number of benzene rings is 1. The lowest BCUT2D eigenvalue weighted by atomic mass is 9.62. The quantitative estimate of drug-likeness (QED) is 0.778. The fourth-order valence-electron chi connectivity index (χ4n) is 2.42. The molecule has 3 N–H and O–H groups in total. The van der Waals surface area contributed by atoms with Crippen molar-refractivity contribution >= 4 is 0 Å². The average Bonchev–Trinajstić information content (AvgIpc) is 2.24. The monoisotopic (exact) mass is 207 g/mol. The van der Waals surface area contributed by atoms with Gasteiger partial charge in [0.15, 0.2) is 0 Å². The summed E-state index contributed by atoms with van der Waals surface area (Å²) in [5.41, 5.74) is 6.87. The highest BCUT2D eigenvalue weighted by Gasteiger charge is 2.45. The van der Waals surface area contributed by atoms with Crippen LogP contribution < -0.4 is 10.5 Å². The first kappa shape index (κ1) is 10.5. The maximum atomic E-state index is 9.44. The molecule has 0 bridgehead atoms. The minimum Gasteiger partial charge on any atom is -0.496 e. The lowest BCUT2D eigenvalue weighted by Crippen LogP contribution is -2.49. The van der Waals surface area contributed by atoms with Crippen LogP contribution in [0, 0.1) is 0 Å². The Morgan fingerprint density at radius 2 is 2.13 bits per heavy atom. The Morgan fingerprint density at radius 3 is 2.67 bits per heavy atom. The van der Waals surface area contributed by atoms with E-state index in [1.807, 2.05) is 24.3 Å². The summed E-state index contributed by atoms with van der Waals surface area (Å²) < 4.78 is 5.33. The van der Waals surface area contributed by atoms with Gasteiger partial charge in [0.2, 0.25) is 0 Å². The number of aliphatic hydroxyl groups excluding tert-OH is 1. The van der Waals surface area contributed by atoms with E-state index >= 15 is 0 Å². The molecule has 1 aromatic carbocycles. The molecule has 1 saturated carbocycles. The zero-order valence-electron chi connectivity index (χ0n) is 8.94. The van der Waals surface area contributed by atoms with E-state index in [0.29, 0.717) is 6.54 Å². The van der Waals surface area contributed by atoms with Gasteiger partial charge in [-0.25, -0.2) is 0 Å². The van der Waals surface area contributed by atoms with Crippen molar-refractivity contribution in [1.29, 1.82) is 0 Å². The summed E-state index contributed by atoms with van der Waals surface area (Å²) in [6, 6.07) is 7.91. The number of nitrogens with two attached hydrogens (primary N) is 1. The molecule has 0 spiro atoms. The van der Waals surface area contributed by atoms with Gasteiger partial charge in [-0.2, -0.15) is 0 Å². The molecule has 0 atom stereocenters. The molecule has 1 aliphatic rings. The third-order valence-corrected chi connectivity index (χ3v) is 3.32. The highest BCUT2D eigenvalue weighted by molar-refractivity contribution is 5.42. The van der Waals surface area contributed by atoms with Crippen LogP contribution in [0.25, 0.3) is 0 Å². The summed E-state index contributed by atoms with van der Waals surface area (Å²) in [5.74, 6) is 0.870. The molecule has 1 aliphatic carbocycles. The molecule has 1 fully saturated rings. The Hall–Kier alpha value is -1.06. The third-order valence-electron chi connectivity index (χ3n) is 3.32. The average molecular weight is 207 g/mol. The van der Waals surface area contributed by atoms with Gasteiger partial charge in [0, 0.05) is 17.5 Å². The molecule has 15 heavy (non-hydrogen) atoms. The van der Waals surface area contributed by atoms with Gasteiger partial charge in [0.1, 0.15) is 5.75 Å². The third kappa shape index (κ3) is 1.62. The molecular formula is C12H17NO2. The van der Waals surface area contributed by atoms with Gasteiger partial charge in [-0.1, -0.05) is 18.2 Å². The number of ether oxygens (including phenoxy) is 1. The van der Waals surface area contributed by atoms with Crippen LogP contribution in [0.5, 0.6) is 5.75 Å². The molecular weight excluding hydrogens is 190 g/mol. The van der Waals surface area contributed by atoms with Crippen molar-refractivity contribution in [2.75, 3.05) is 13.7 Å². The van der Waals surface area contributed by atoms with E-state index in [4.69, 9.17) is 10.5 Å². The molecule has 3 heteroatoms. The van der Waals surface area contributed by atoms with Gasteiger partial charge < -0.3 is 15.6 Å². The minimum absolute atomic E-state index is 0.0774. The van der Waals surface area contributed by atoms with Gasteiger partial charge in [-0.05, 0) is 18.9 Å². The number of hydrogen-bond acceptors (Lipinski definition) is 3. The number of hydrogen-bond donors (Lipinski definition) is 2. The molecule has 0 amide bonds. The molecule has 3 nitrogen and oxygen atoms in total.